The topological polar surface area (TPSA) is 38.3 Å². The van der Waals surface area contributed by atoms with Crippen LogP contribution in [0.1, 0.15) is 50.7 Å². The number of carbonyl (C=O) groups is 1. The van der Waals surface area contributed by atoms with Gasteiger partial charge in [-0.25, -0.2) is 0 Å². The summed E-state index contributed by atoms with van der Waals surface area (Å²) in [5.74, 6) is 1.34. The summed E-state index contributed by atoms with van der Waals surface area (Å²) in [7, 11) is 0. The molecule has 1 N–H and O–H groups in total. The number of rotatable bonds is 9. The summed E-state index contributed by atoms with van der Waals surface area (Å²) in [6.45, 7) is 9.24. The van der Waals surface area contributed by atoms with Gasteiger partial charge in [0.05, 0.1) is 0 Å². The molecule has 0 aliphatic heterocycles. The van der Waals surface area contributed by atoms with Crippen LogP contribution < -0.4 is 10.1 Å². The lowest BCUT2D eigenvalue weighted by atomic mass is 9.99. The average molecular weight is 291 g/mol. The molecule has 21 heavy (non-hydrogen) atoms. The van der Waals surface area contributed by atoms with Gasteiger partial charge >= 0.3 is 0 Å². The summed E-state index contributed by atoms with van der Waals surface area (Å²) in [5.41, 5.74) is 2.20. The Hall–Kier alpha value is -1.51. The second-order valence-corrected chi connectivity index (χ2v) is 5.78. The fourth-order valence-electron chi connectivity index (χ4n) is 2.26. The van der Waals surface area contributed by atoms with Gasteiger partial charge in [0.15, 0.2) is 6.61 Å². The molecular formula is C18H29NO2. The number of unbranched alkanes of at least 4 members (excludes halogenated alkanes) is 1. The first-order valence-corrected chi connectivity index (χ1v) is 8.03. The van der Waals surface area contributed by atoms with E-state index >= 15 is 0 Å². The summed E-state index contributed by atoms with van der Waals surface area (Å²) < 4.78 is 5.61. The lowest BCUT2D eigenvalue weighted by Crippen LogP contribution is -2.33. The first-order valence-electron chi connectivity index (χ1n) is 8.03. The maximum atomic E-state index is 11.9. The maximum absolute atomic E-state index is 11.9. The van der Waals surface area contributed by atoms with Crippen LogP contribution in [-0.2, 0) is 4.79 Å². The minimum absolute atomic E-state index is 0.0362. The third-order valence-corrected chi connectivity index (χ3v) is 3.83. The maximum Gasteiger partial charge on any atom is 0.257 e. The molecule has 118 valence electrons. The fraction of sp³-hybridized carbons (Fsp3) is 0.611. The van der Waals surface area contributed by atoms with Gasteiger partial charge in [-0.2, -0.15) is 0 Å². The summed E-state index contributed by atoms with van der Waals surface area (Å²) >= 11 is 0. The van der Waals surface area contributed by atoms with E-state index in [0.717, 1.165) is 29.8 Å². The molecule has 0 spiro atoms. The standard InChI is InChI=1S/C18H29NO2/c1-5-7-8-16(6-2)12-19-18(20)13-21-17-11-14(3)9-10-15(17)4/h9-11,16H,5-8,12-13H2,1-4H3,(H,19,20)/t16-/m0/s1. The number of amides is 1. The van der Waals surface area contributed by atoms with E-state index in [1.165, 1.54) is 19.3 Å². The Morgan fingerprint density at radius 1 is 1.29 bits per heavy atom. The highest BCUT2D eigenvalue weighted by molar-refractivity contribution is 5.77. The van der Waals surface area contributed by atoms with Crippen molar-refractivity contribution in [2.75, 3.05) is 13.2 Å². The zero-order chi connectivity index (χ0) is 15.7. The van der Waals surface area contributed by atoms with Gasteiger partial charge in [0.1, 0.15) is 5.75 Å². The van der Waals surface area contributed by atoms with E-state index in [1.54, 1.807) is 0 Å². The number of hydrogen-bond donors (Lipinski definition) is 1. The molecule has 0 heterocycles. The Bertz CT molecular complexity index is 443. The van der Waals surface area contributed by atoms with E-state index in [1.807, 2.05) is 32.0 Å². The Morgan fingerprint density at radius 3 is 2.71 bits per heavy atom. The summed E-state index contributed by atoms with van der Waals surface area (Å²) in [6, 6.07) is 6.03. The summed E-state index contributed by atoms with van der Waals surface area (Å²) in [6.07, 6.45) is 4.73. The van der Waals surface area contributed by atoms with Gasteiger partial charge in [0.2, 0.25) is 0 Å². The van der Waals surface area contributed by atoms with Crippen molar-refractivity contribution >= 4 is 5.91 Å². The third kappa shape index (κ3) is 6.65. The van der Waals surface area contributed by atoms with Gasteiger partial charge in [-0.15, -0.1) is 0 Å². The van der Waals surface area contributed by atoms with Crippen LogP contribution in [0.5, 0.6) is 5.75 Å². The molecular weight excluding hydrogens is 262 g/mol. The van der Waals surface area contributed by atoms with E-state index in [9.17, 15) is 4.79 Å². The summed E-state index contributed by atoms with van der Waals surface area (Å²) in [4.78, 5) is 11.9. The first kappa shape index (κ1) is 17.5. The molecule has 1 aromatic rings. The molecule has 0 aliphatic rings. The van der Waals surface area contributed by atoms with Gasteiger partial charge in [0.25, 0.3) is 5.91 Å². The van der Waals surface area contributed by atoms with Crippen molar-refractivity contribution in [3.63, 3.8) is 0 Å². The van der Waals surface area contributed by atoms with E-state index in [0.29, 0.717) is 5.92 Å². The van der Waals surface area contributed by atoms with Crippen LogP contribution in [0.4, 0.5) is 0 Å². The molecule has 0 unspecified atom stereocenters. The minimum atomic E-state index is -0.0362. The Kier molecular flexibility index (Phi) is 7.88. The lowest BCUT2D eigenvalue weighted by molar-refractivity contribution is -0.123. The van der Waals surface area contributed by atoms with E-state index in [4.69, 9.17) is 4.74 Å². The van der Waals surface area contributed by atoms with E-state index in [2.05, 4.69) is 19.2 Å². The fourth-order valence-corrected chi connectivity index (χ4v) is 2.26. The van der Waals surface area contributed by atoms with Crippen molar-refractivity contribution in [2.24, 2.45) is 5.92 Å². The van der Waals surface area contributed by atoms with Gasteiger partial charge in [-0.3, -0.25) is 4.79 Å². The summed E-state index contributed by atoms with van der Waals surface area (Å²) in [5, 5.41) is 2.98. The molecule has 0 fully saturated rings. The number of carbonyl (C=O) groups excluding carboxylic acids is 1. The largest absolute Gasteiger partial charge is 0.483 e. The number of ether oxygens (including phenoxy) is 1. The molecule has 1 atom stereocenters. The predicted octanol–water partition coefficient (Wildman–Crippen LogP) is 4.01. The third-order valence-electron chi connectivity index (χ3n) is 3.83. The highest BCUT2D eigenvalue weighted by Crippen LogP contribution is 2.18. The highest BCUT2D eigenvalue weighted by atomic mass is 16.5. The van der Waals surface area contributed by atoms with Crippen LogP contribution in [0.3, 0.4) is 0 Å². The number of hydrogen-bond acceptors (Lipinski definition) is 2. The quantitative estimate of drug-likeness (QED) is 0.746. The smallest absolute Gasteiger partial charge is 0.257 e. The van der Waals surface area contributed by atoms with Crippen molar-refractivity contribution in [2.45, 2.75) is 53.4 Å². The van der Waals surface area contributed by atoms with Crippen molar-refractivity contribution in [1.82, 2.24) is 5.32 Å². The van der Waals surface area contributed by atoms with Crippen LogP contribution >= 0.6 is 0 Å². The van der Waals surface area contributed by atoms with Gasteiger partial charge < -0.3 is 10.1 Å². The van der Waals surface area contributed by atoms with E-state index in [-0.39, 0.29) is 12.5 Å². The molecule has 3 nitrogen and oxygen atoms in total. The highest BCUT2D eigenvalue weighted by Gasteiger charge is 2.09. The molecule has 3 heteroatoms. The molecule has 1 aromatic carbocycles. The molecule has 1 rings (SSSR count). The SMILES string of the molecule is CCCC[C@H](CC)CNC(=O)COc1cc(C)ccc1C. The number of nitrogens with one attached hydrogen (secondary N) is 1. The number of benzene rings is 1. The lowest BCUT2D eigenvalue weighted by Gasteiger charge is -2.16. The second-order valence-electron chi connectivity index (χ2n) is 5.78. The van der Waals surface area contributed by atoms with Crippen LogP contribution in [0.15, 0.2) is 18.2 Å². The Morgan fingerprint density at radius 2 is 2.05 bits per heavy atom. The Labute approximate surface area is 129 Å². The molecule has 0 bridgehead atoms. The zero-order valence-corrected chi connectivity index (χ0v) is 13.9. The van der Waals surface area contributed by atoms with Gasteiger partial charge in [-0.1, -0.05) is 45.2 Å². The molecule has 0 saturated carbocycles. The number of aryl methyl sites for hydroxylation is 2. The van der Waals surface area contributed by atoms with Crippen LogP contribution in [0, 0.1) is 19.8 Å². The minimum Gasteiger partial charge on any atom is -0.483 e. The Balaban J connectivity index is 2.35. The zero-order valence-electron chi connectivity index (χ0n) is 13.9. The van der Waals surface area contributed by atoms with Crippen LogP contribution in [0.2, 0.25) is 0 Å². The molecule has 0 saturated heterocycles. The predicted molar refractivity (Wildman–Crippen MR) is 87.7 cm³/mol. The van der Waals surface area contributed by atoms with Gasteiger partial charge in [-0.05, 0) is 43.4 Å². The second kappa shape index (κ2) is 9.43. The van der Waals surface area contributed by atoms with Crippen LogP contribution in [0.25, 0.3) is 0 Å². The van der Waals surface area contributed by atoms with Crippen LogP contribution in [-0.4, -0.2) is 19.1 Å². The van der Waals surface area contributed by atoms with Crippen molar-refractivity contribution in [3.05, 3.63) is 29.3 Å². The molecule has 0 aromatic heterocycles. The van der Waals surface area contributed by atoms with E-state index < -0.39 is 0 Å². The van der Waals surface area contributed by atoms with Crippen molar-refractivity contribution < 1.29 is 9.53 Å². The monoisotopic (exact) mass is 291 g/mol. The molecule has 0 radical (unpaired) electrons. The molecule has 0 aliphatic carbocycles. The van der Waals surface area contributed by atoms with Gasteiger partial charge in [0, 0.05) is 6.54 Å². The average Bonchev–Trinajstić information content (AvgIpc) is 2.48. The van der Waals surface area contributed by atoms with Crippen molar-refractivity contribution in [1.29, 1.82) is 0 Å². The normalized spacial score (nSPS) is 12.0. The molecule has 1 amide bonds. The first-order chi connectivity index (χ1) is 10.1. The van der Waals surface area contributed by atoms with Crippen molar-refractivity contribution in [3.8, 4) is 5.75 Å².